The molecule has 1 heterocycles. The summed E-state index contributed by atoms with van der Waals surface area (Å²) >= 11 is 0. The van der Waals surface area contributed by atoms with Gasteiger partial charge in [-0.05, 0) is 30.4 Å². The number of aliphatic carboxylic acids is 1. The van der Waals surface area contributed by atoms with Gasteiger partial charge in [-0.3, -0.25) is 9.59 Å². The van der Waals surface area contributed by atoms with Crippen LogP contribution in [0.15, 0.2) is 24.3 Å². The number of hydrogen-bond donors (Lipinski definition) is 1. The largest absolute Gasteiger partial charge is 0.481 e. The predicted molar refractivity (Wildman–Crippen MR) is 80.7 cm³/mol. The summed E-state index contributed by atoms with van der Waals surface area (Å²) in [5.74, 6) is -1.36. The Morgan fingerprint density at radius 1 is 1.24 bits per heavy atom. The number of likely N-dealkylation sites (tertiary alicyclic amines) is 1. The molecule has 0 aliphatic carbocycles. The molecular weight excluding hydrogens is 266 g/mol. The van der Waals surface area contributed by atoms with E-state index in [0.29, 0.717) is 13.0 Å². The lowest BCUT2D eigenvalue weighted by atomic mass is 9.81. The first-order valence-corrected chi connectivity index (χ1v) is 7.54. The van der Waals surface area contributed by atoms with E-state index in [0.717, 1.165) is 12.0 Å². The summed E-state index contributed by atoms with van der Waals surface area (Å²) in [4.78, 5) is 25.4. The Bertz CT molecular complexity index is 523. The molecule has 2 rings (SSSR count). The van der Waals surface area contributed by atoms with Gasteiger partial charge in [-0.2, -0.15) is 0 Å². The van der Waals surface area contributed by atoms with Gasteiger partial charge in [0.2, 0.25) is 5.91 Å². The number of hydrogen-bond acceptors (Lipinski definition) is 2. The second kappa shape index (κ2) is 6.29. The van der Waals surface area contributed by atoms with Gasteiger partial charge < -0.3 is 10.0 Å². The third-order valence-electron chi connectivity index (χ3n) is 4.51. The number of amides is 1. The predicted octanol–water partition coefficient (Wildman–Crippen LogP) is 2.71. The van der Waals surface area contributed by atoms with Crippen LogP contribution in [0.25, 0.3) is 0 Å². The Labute approximate surface area is 125 Å². The van der Waals surface area contributed by atoms with E-state index in [1.54, 1.807) is 4.90 Å². The molecule has 21 heavy (non-hydrogen) atoms. The molecule has 0 aromatic heterocycles. The molecule has 114 valence electrons. The second-order valence-corrected chi connectivity index (χ2v) is 5.98. The third-order valence-corrected chi connectivity index (χ3v) is 4.51. The number of carbonyl (C=O) groups is 2. The monoisotopic (exact) mass is 289 g/mol. The van der Waals surface area contributed by atoms with Crippen LogP contribution in [0.3, 0.4) is 0 Å². The quantitative estimate of drug-likeness (QED) is 0.927. The summed E-state index contributed by atoms with van der Waals surface area (Å²) in [5, 5.41) is 9.38. The minimum absolute atomic E-state index is 0.0482. The third kappa shape index (κ3) is 3.26. The number of carboxylic acid groups (broad SMARTS) is 1. The molecule has 4 nitrogen and oxygen atoms in total. The lowest BCUT2D eigenvalue weighted by molar-refractivity contribution is -0.155. The molecule has 1 aliphatic heterocycles. The van der Waals surface area contributed by atoms with Crippen molar-refractivity contribution in [3.63, 3.8) is 0 Å². The Hall–Kier alpha value is -1.84. The van der Waals surface area contributed by atoms with E-state index in [-0.39, 0.29) is 17.9 Å². The average Bonchev–Trinajstić information content (AvgIpc) is 2.43. The second-order valence-electron chi connectivity index (χ2n) is 5.98. The van der Waals surface area contributed by atoms with Crippen molar-refractivity contribution in [1.29, 1.82) is 0 Å². The minimum atomic E-state index is -0.811. The molecule has 1 aliphatic rings. The van der Waals surface area contributed by atoms with E-state index in [2.05, 4.69) is 19.1 Å². The molecule has 0 radical (unpaired) electrons. The molecule has 4 heteroatoms. The highest BCUT2D eigenvalue weighted by Gasteiger charge is 2.41. The van der Waals surface area contributed by atoms with Gasteiger partial charge in [0.1, 0.15) is 0 Å². The van der Waals surface area contributed by atoms with Crippen LogP contribution in [-0.2, 0) is 22.6 Å². The van der Waals surface area contributed by atoms with E-state index >= 15 is 0 Å². The SMILES string of the molecule is CCc1ccc(CN2C(=O)CC(C)C(C(=O)O)C2C)cc1. The summed E-state index contributed by atoms with van der Waals surface area (Å²) in [5.41, 5.74) is 2.31. The number of aryl methyl sites for hydroxylation is 1. The highest BCUT2D eigenvalue weighted by Crippen LogP contribution is 2.31. The summed E-state index contributed by atoms with van der Waals surface area (Å²) in [6.45, 7) is 6.28. The fraction of sp³-hybridized carbons (Fsp3) is 0.529. The van der Waals surface area contributed by atoms with Crippen LogP contribution in [0.5, 0.6) is 0 Å². The maximum atomic E-state index is 12.2. The van der Waals surface area contributed by atoms with Gasteiger partial charge in [-0.15, -0.1) is 0 Å². The zero-order chi connectivity index (χ0) is 15.6. The fourth-order valence-corrected chi connectivity index (χ4v) is 3.18. The zero-order valence-corrected chi connectivity index (χ0v) is 12.9. The standard InChI is InChI=1S/C17H23NO3/c1-4-13-5-7-14(8-6-13)10-18-12(3)16(17(20)21)11(2)9-15(18)19/h5-8,11-12,16H,4,9-10H2,1-3H3,(H,20,21). The number of carboxylic acids is 1. The van der Waals surface area contributed by atoms with Crippen molar-refractivity contribution in [3.05, 3.63) is 35.4 Å². The van der Waals surface area contributed by atoms with Crippen molar-refractivity contribution in [2.75, 3.05) is 0 Å². The van der Waals surface area contributed by atoms with Gasteiger partial charge in [0.25, 0.3) is 0 Å². The minimum Gasteiger partial charge on any atom is -0.481 e. The molecule has 1 fully saturated rings. The summed E-state index contributed by atoms with van der Waals surface area (Å²) in [7, 11) is 0. The normalized spacial score (nSPS) is 26.0. The first-order chi connectivity index (χ1) is 9.93. The average molecular weight is 289 g/mol. The highest BCUT2D eigenvalue weighted by atomic mass is 16.4. The van der Waals surface area contributed by atoms with Crippen LogP contribution < -0.4 is 0 Å². The smallest absolute Gasteiger partial charge is 0.308 e. The van der Waals surface area contributed by atoms with E-state index in [4.69, 9.17) is 0 Å². The molecule has 1 saturated heterocycles. The Morgan fingerprint density at radius 3 is 2.33 bits per heavy atom. The van der Waals surface area contributed by atoms with E-state index in [1.165, 1.54) is 5.56 Å². The van der Waals surface area contributed by atoms with Gasteiger partial charge in [-0.1, -0.05) is 38.1 Å². The molecule has 1 aromatic carbocycles. The Balaban J connectivity index is 2.16. The molecule has 3 unspecified atom stereocenters. The van der Waals surface area contributed by atoms with Gasteiger partial charge in [0.15, 0.2) is 0 Å². The van der Waals surface area contributed by atoms with E-state index in [1.807, 2.05) is 26.0 Å². The number of carbonyl (C=O) groups excluding carboxylic acids is 1. The first kappa shape index (κ1) is 15.5. The van der Waals surface area contributed by atoms with Gasteiger partial charge in [-0.25, -0.2) is 0 Å². The van der Waals surface area contributed by atoms with Crippen LogP contribution in [0.1, 0.15) is 38.3 Å². The first-order valence-electron chi connectivity index (χ1n) is 7.54. The van der Waals surface area contributed by atoms with E-state index in [9.17, 15) is 14.7 Å². The number of benzene rings is 1. The lowest BCUT2D eigenvalue weighted by Crippen LogP contribution is -2.52. The van der Waals surface area contributed by atoms with Crippen molar-refractivity contribution in [2.24, 2.45) is 11.8 Å². The van der Waals surface area contributed by atoms with Crippen LogP contribution in [-0.4, -0.2) is 27.9 Å². The lowest BCUT2D eigenvalue weighted by Gasteiger charge is -2.40. The molecule has 1 amide bonds. The molecule has 3 atom stereocenters. The van der Waals surface area contributed by atoms with Crippen molar-refractivity contribution in [2.45, 2.75) is 46.2 Å². The summed E-state index contributed by atoms with van der Waals surface area (Å²) in [6, 6.07) is 7.89. The van der Waals surface area contributed by atoms with Gasteiger partial charge >= 0.3 is 5.97 Å². The number of nitrogens with zero attached hydrogens (tertiary/aromatic N) is 1. The number of rotatable bonds is 4. The van der Waals surface area contributed by atoms with E-state index < -0.39 is 11.9 Å². The van der Waals surface area contributed by atoms with Gasteiger partial charge in [0, 0.05) is 19.0 Å². The van der Waals surface area contributed by atoms with Gasteiger partial charge in [0.05, 0.1) is 5.92 Å². The highest BCUT2D eigenvalue weighted by molar-refractivity contribution is 5.81. The molecule has 0 saturated carbocycles. The number of piperidine rings is 1. The fourth-order valence-electron chi connectivity index (χ4n) is 3.18. The van der Waals surface area contributed by atoms with Crippen LogP contribution in [0.2, 0.25) is 0 Å². The van der Waals surface area contributed by atoms with Crippen molar-refractivity contribution in [1.82, 2.24) is 4.90 Å². The van der Waals surface area contributed by atoms with Crippen molar-refractivity contribution < 1.29 is 14.7 Å². The summed E-state index contributed by atoms with van der Waals surface area (Å²) in [6.07, 6.45) is 1.30. The molecular formula is C17H23NO3. The van der Waals surface area contributed by atoms with Crippen molar-refractivity contribution >= 4 is 11.9 Å². The molecule has 1 N–H and O–H groups in total. The Morgan fingerprint density at radius 2 is 1.81 bits per heavy atom. The van der Waals surface area contributed by atoms with Crippen molar-refractivity contribution in [3.8, 4) is 0 Å². The molecule has 1 aromatic rings. The molecule has 0 bridgehead atoms. The van der Waals surface area contributed by atoms with Crippen LogP contribution >= 0.6 is 0 Å². The van der Waals surface area contributed by atoms with Crippen LogP contribution in [0, 0.1) is 11.8 Å². The topological polar surface area (TPSA) is 57.6 Å². The Kier molecular flexibility index (Phi) is 4.66. The zero-order valence-electron chi connectivity index (χ0n) is 12.9. The summed E-state index contributed by atoms with van der Waals surface area (Å²) < 4.78 is 0. The maximum absolute atomic E-state index is 12.2. The van der Waals surface area contributed by atoms with Crippen LogP contribution in [0.4, 0.5) is 0 Å². The molecule has 0 spiro atoms. The maximum Gasteiger partial charge on any atom is 0.308 e.